The molecule has 0 saturated carbocycles. The summed E-state index contributed by atoms with van der Waals surface area (Å²) in [6, 6.07) is 7.44. The van der Waals surface area contributed by atoms with Gasteiger partial charge in [-0.3, -0.25) is 4.79 Å². The minimum Gasteiger partial charge on any atom is -0.402 e. The predicted octanol–water partition coefficient (Wildman–Crippen LogP) is 6.33. The SMILES string of the molecule is CC(C)(C)[Si](C)(C)O[C@@H](C(=O)c1ccccc1)c1c(F)c(F)c(F)c(F)c1F. The Morgan fingerprint density at radius 2 is 1.29 bits per heavy atom. The molecule has 0 radical (unpaired) electrons. The second-order valence-electron chi connectivity index (χ2n) is 7.97. The molecule has 0 heterocycles. The molecule has 2 aromatic carbocycles. The smallest absolute Gasteiger partial charge is 0.200 e. The molecule has 0 aliphatic carbocycles. The van der Waals surface area contributed by atoms with Crippen LogP contribution in [0.25, 0.3) is 0 Å². The van der Waals surface area contributed by atoms with Gasteiger partial charge in [0.25, 0.3) is 0 Å². The number of carbonyl (C=O) groups is 1. The zero-order valence-electron chi connectivity index (χ0n) is 16.2. The highest BCUT2D eigenvalue weighted by Crippen LogP contribution is 2.42. The van der Waals surface area contributed by atoms with Crippen LogP contribution in [0.5, 0.6) is 0 Å². The lowest BCUT2D eigenvalue weighted by Gasteiger charge is -2.39. The number of Topliss-reactive ketones (excluding diaryl/α,β-unsaturated/α-hetero) is 1. The molecular formula is C20H21F5O2Si. The number of hydrogen-bond acceptors (Lipinski definition) is 2. The normalized spacial score (nSPS) is 13.5. The topological polar surface area (TPSA) is 26.3 Å². The van der Waals surface area contributed by atoms with Crippen molar-refractivity contribution in [2.75, 3.05) is 0 Å². The maximum absolute atomic E-state index is 14.5. The van der Waals surface area contributed by atoms with Crippen molar-refractivity contribution in [1.29, 1.82) is 0 Å². The molecule has 8 heteroatoms. The lowest BCUT2D eigenvalue weighted by atomic mass is 9.98. The molecule has 2 nitrogen and oxygen atoms in total. The first kappa shape index (κ1) is 22.2. The third kappa shape index (κ3) is 4.02. The van der Waals surface area contributed by atoms with Crippen molar-refractivity contribution in [1.82, 2.24) is 0 Å². The van der Waals surface area contributed by atoms with E-state index in [1.807, 2.05) is 20.8 Å². The molecule has 152 valence electrons. The van der Waals surface area contributed by atoms with Gasteiger partial charge in [-0.1, -0.05) is 51.1 Å². The molecule has 0 aromatic heterocycles. The summed E-state index contributed by atoms with van der Waals surface area (Å²) in [4.78, 5) is 13.0. The Labute approximate surface area is 161 Å². The summed E-state index contributed by atoms with van der Waals surface area (Å²) < 4.78 is 75.8. The van der Waals surface area contributed by atoms with Crippen LogP contribution in [0.4, 0.5) is 22.0 Å². The fraction of sp³-hybridized carbons (Fsp3) is 0.350. The van der Waals surface area contributed by atoms with Gasteiger partial charge < -0.3 is 4.43 Å². The van der Waals surface area contributed by atoms with Gasteiger partial charge >= 0.3 is 0 Å². The number of rotatable bonds is 5. The molecule has 0 saturated heterocycles. The van der Waals surface area contributed by atoms with Crippen molar-refractivity contribution in [3.05, 3.63) is 70.5 Å². The molecular weight excluding hydrogens is 395 g/mol. The third-order valence-electron chi connectivity index (χ3n) is 5.02. The van der Waals surface area contributed by atoms with E-state index in [1.54, 1.807) is 19.2 Å². The molecule has 0 fully saturated rings. The molecule has 1 atom stereocenters. The summed E-state index contributed by atoms with van der Waals surface area (Å²) in [6.45, 7) is 8.89. The zero-order chi connectivity index (χ0) is 21.4. The highest BCUT2D eigenvalue weighted by molar-refractivity contribution is 6.74. The average molecular weight is 416 g/mol. The van der Waals surface area contributed by atoms with E-state index in [2.05, 4.69) is 0 Å². The van der Waals surface area contributed by atoms with Gasteiger partial charge in [-0.25, -0.2) is 22.0 Å². The van der Waals surface area contributed by atoms with E-state index >= 15 is 0 Å². The van der Waals surface area contributed by atoms with E-state index in [4.69, 9.17) is 4.43 Å². The van der Waals surface area contributed by atoms with Crippen molar-refractivity contribution >= 4 is 14.1 Å². The minimum atomic E-state index is -2.83. The van der Waals surface area contributed by atoms with Crippen LogP contribution in [0, 0.1) is 29.1 Å². The van der Waals surface area contributed by atoms with Gasteiger partial charge in [-0.15, -0.1) is 0 Å². The Morgan fingerprint density at radius 1 is 0.857 bits per heavy atom. The van der Waals surface area contributed by atoms with Gasteiger partial charge in [0.15, 0.2) is 37.4 Å². The summed E-state index contributed by atoms with van der Waals surface area (Å²) in [5.41, 5.74) is -1.23. The van der Waals surface area contributed by atoms with Crippen LogP contribution in [0.1, 0.15) is 42.8 Å². The van der Waals surface area contributed by atoms with E-state index in [-0.39, 0.29) is 5.56 Å². The quantitative estimate of drug-likeness (QED) is 0.187. The third-order valence-corrected chi connectivity index (χ3v) is 9.46. The molecule has 0 N–H and O–H groups in total. The molecule has 0 aliphatic rings. The van der Waals surface area contributed by atoms with Gasteiger partial charge in [0, 0.05) is 5.56 Å². The molecule has 2 aromatic rings. The number of halogens is 5. The van der Waals surface area contributed by atoms with Crippen LogP contribution >= 0.6 is 0 Å². The van der Waals surface area contributed by atoms with Crippen molar-refractivity contribution in [2.45, 2.75) is 45.0 Å². The van der Waals surface area contributed by atoms with E-state index in [0.29, 0.717) is 0 Å². The van der Waals surface area contributed by atoms with Crippen molar-refractivity contribution in [3.63, 3.8) is 0 Å². The van der Waals surface area contributed by atoms with Crippen LogP contribution < -0.4 is 0 Å². The fourth-order valence-electron chi connectivity index (χ4n) is 2.32. The summed E-state index contributed by atoms with van der Waals surface area (Å²) in [6.07, 6.45) is -1.96. The standard InChI is InChI=1S/C20H21F5O2Si/c1-20(2,3)28(4,5)27-19(18(26)11-9-7-6-8-10-11)12-13(21)15(23)17(25)16(24)14(12)22/h6-10,19H,1-5H3/t19-/m1/s1. The van der Waals surface area contributed by atoms with E-state index < -0.39 is 59.9 Å². The molecule has 0 amide bonds. The van der Waals surface area contributed by atoms with Crippen LogP contribution in [-0.2, 0) is 4.43 Å². The molecule has 0 aliphatic heterocycles. The van der Waals surface area contributed by atoms with E-state index in [0.717, 1.165) is 0 Å². The first-order chi connectivity index (χ1) is 12.8. The molecule has 28 heavy (non-hydrogen) atoms. The van der Waals surface area contributed by atoms with Crippen molar-refractivity contribution < 1.29 is 31.2 Å². The van der Waals surface area contributed by atoms with Gasteiger partial charge in [0.05, 0.1) is 5.56 Å². The second kappa shape index (κ2) is 7.75. The highest BCUT2D eigenvalue weighted by atomic mass is 28.4. The van der Waals surface area contributed by atoms with Crippen molar-refractivity contribution in [2.24, 2.45) is 0 Å². The number of hydrogen-bond donors (Lipinski definition) is 0. The van der Waals surface area contributed by atoms with Crippen LogP contribution in [0.15, 0.2) is 30.3 Å². The van der Waals surface area contributed by atoms with Crippen LogP contribution in [-0.4, -0.2) is 14.1 Å². The maximum atomic E-state index is 14.5. The zero-order valence-corrected chi connectivity index (χ0v) is 17.2. The van der Waals surface area contributed by atoms with E-state index in [1.165, 1.54) is 24.3 Å². The largest absolute Gasteiger partial charge is 0.402 e. The number of ketones is 1. The maximum Gasteiger partial charge on any atom is 0.200 e. The lowest BCUT2D eigenvalue weighted by Crippen LogP contribution is -2.43. The Hall–Kier alpha value is -2.06. The van der Waals surface area contributed by atoms with Gasteiger partial charge in [-0.05, 0) is 18.1 Å². The summed E-state index contributed by atoms with van der Waals surface area (Å²) in [5.74, 6) is -11.5. The molecule has 0 spiro atoms. The molecule has 0 unspecified atom stereocenters. The summed E-state index contributed by atoms with van der Waals surface area (Å²) >= 11 is 0. The number of benzene rings is 2. The fourth-order valence-corrected chi connectivity index (χ4v) is 3.49. The lowest BCUT2D eigenvalue weighted by molar-refractivity contribution is 0.0749. The molecule has 0 bridgehead atoms. The van der Waals surface area contributed by atoms with Gasteiger partial charge in [0.1, 0.15) is 6.10 Å². The first-order valence-corrected chi connectivity index (χ1v) is 11.5. The summed E-state index contributed by atoms with van der Waals surface area (Å²) in [7, 11) is -2.83. The Kier molecular flexibility index (Phi) is 6.15. The van der Waals surface area contributed by atoms with Crippen LogP contribution in [0.3, 0.4) is 0 Å². The Balaban J connectivity index is 2.72. The van der Waals surface area contributed by atoms with Crippen molar-refractivity contribution in [3.8, 4) is 0 Å². The monoisotopic (exact) mass is 416 g/mol. The number of carbonyl (C=O) groups excluding carboxylic acids is 1. The van der Waals surface area contributed by atoms with Gasteiger partial charge in [0.2, 0.25) is 5.82 Å². The first-order valence-electron chi connectivity index (χ1n) is 8.58. The van der Waals surface area contributed by atoms with E-state index in [9.17, 15) is 26.7 Å². The Bertz CT molecular complexity index is 863. The Morgan fingerprint density at radius 3 is 1.71 bits per heavy atom. The summed E-state index contributed by atoms with van der Waals surface area (Å²) in [5, 5.41) is -0.480. The van der Waals surface area contributed by atoms with Crippen LogP contribution in [0.2, 0.25) is 18.1 Å². The highest BCUT2D eigenvalue weighted by Gasteiger charge is 2.44. The average Bonchev–Trinajstić information content (AvgIpc) is 2.63. The second-order valence-corrected chi connectivity index (χ2v) is 12.7. The predicted molar refractivity (Wildman–Crippen MR) is 98.0 cm³/mol. The minimum absolute atomic E-state index is 0.0372. The molecule has 2 rings (SSSR count). The van der Waals surface area contributed by atoms with Gasteiger partial charge in [-0.2, -0.15) is 0 Å².